The largest absolute Gasteiger partial charge is 0.489 e. The van der Waals surface area contributed by atoms with E-state index in [4.69, 9.17) is 10.5 Å². The van der Waals surface area contributed by atoms with Crippen LogP contribution in [-0.2, 0) is 6.61 Å². The second-order valence-electron chi connectivity index (χ2n) is 4.23. The number of nitrogens with zero attached hydrogens (tertiary/aromatic N) is 1. The van der Waals surface area contributed by atoms with E-state index in [1.54, 1.807) is 12.4 Å². The molecule has 0 saturated carbocycles. The highest BCUT2D eigenvalue weighted by molar-refractivity contribution is 5.29. The zero-order valence-electron chi connectivity index (χ0n) is 10.5. The van der Waals surface area contributed by atoms with Crippen molar-refractivity contribution in [2.45, 2.75) is 26.0 Å². The predicted octanol–water partition coefficient (Wildman–Crippen LogP) is 3.07. The number of nitrogens with two attached hydrogens (primary N) is 1. The van der Waals surface area contributed by atoms with Crippen LogP contribution in [0.5, 0.6) is 5.75 Å². The lowest BCUT2D eigenvalue weighted by atomic mass is 10.1. The Balaban J connectivity index is 1.94. The molecule has 2 aromatic rings. The molecule has 18 heavy (non-hydrogen) atoms. The van der Waals surface area contributed by atoms with Gasteiger partial charge in [0.05, 0.1) is 0 Å². The number of benzene rings is 1. The molecular weight excluding hydrogens is 224 g/mol. The van der Waals surface area contributed by atoms with Crippen molar-refractivity contribution in [2.24, 2.45) is 5.73 Å². The Bertz CT molecular complexity index is 468. The summed E-state index contributed by atoms with van der Waals surface area (Å²) in [5, 5.41) is 0. The van der Waals surface area contributed by atoms with Gasteiger partial charge in [0.25, 0.3) is 0 Å². The van der Waals surface area contributed by atoms with E-state index in [1.165, 1.54) is 0 Å². The van der Waals surface area contributed by atoms with E-state index in [0.717, 1.165) is 23.3 Å². The smallest absolute Gasteiger partial charge is 0.119 e. The van der Waals surface area contributed by atoms with Crippen LogP contribution in [0, 0.1) is 0 Å². The van der Waals surface area contributed by atoms with Crippen LogP contribution < -0.4 is 10.5 Å². The molecule has 1 heterocycles. The molecule has 2 N–H and O–H groups in total. The van der Waals surface area contributed by atoms with E-state index >= 15 is 0 Å². The van der Waals surface area contributed by atoms with Gasteiger partial charge in [0.1, 0.15) is 12.4 Å². The van der Waals surface area contributed by atoms with Crippen LogP contribution in [0.4, 0.5) is 0 Å². The molecule has 0 amide bonds. The number of rotatable bonds is 5. The molecule has 0 radical (unpaired) electrons. The van der Waals surface area contributed by atoms with Crippen LogP contribution in [0.3, 0.4) is 0 Å². The summed E-state index contributed by atoms with van der Waals surface area (Å²) in [7, 11) is 0. The highest BCUT2D eigenvalue weighted by Gasteiger charge is 2.03. The third-order valence-corrected chi connectivity index (χ3v) is 2.88. The lowest BCUT2D eigenvalue weighted by Crippen LogP contribution is -2.08. The molecule has 94 valence electrons. The highest BCUT2D eigenvalue weighted by atomic mass is 16.5. The van der Waals surface area contributed by atoms with E-state index in [-0.39, 0.29) is 6.04 Å². The SMILES string of the molecule is CC[C@H](N)c1ccc(OCc2cccnc2)cc1. The molecule has 1 aromatic carbocycles. The molecule has 1 aromatic heterocycles. The Morgan fingerprint density at radius 3 is 2.61 bits per heavy atom. The number of hydrogen-bond donors (Lipinski definition) is 1. The fraction of sp³-hybridized carbons (Fsp3) is 0.267. The minimum atomic E-state index is 0.109. The quantitative estimate of drug-likeness (QED) is 0.876. The van der Waals surface area contributed by atoms with Gasteiger partial charge < -0.3 is 10.5 Å². The summed E-state index contributed by atoms with van der Waals surface area (Å²) in [5.41, 5.74) is 8.17. The van der Waals surface area contributed by atoms with Crippen molar-refractivity contribution in [3.8, 4) is 5.75 Å². The zero-order chi connectivity index (χ0) is 12.8. The summed E-state index contributed by atoms with van der Waals surface area (Å²) in [6.45, 7) is 2.62. The van der Waals surface area contributed by atoms with Gasteiger partial charge >= 0.3 is 0 Å². The van der Waals surface area contributed by atoms with Crippen molar-refractivity contribution in [3.05, 3.63) is 59.9 Å². The van der Waals surface area contributed by atoms with Gasteiger partial charge in [0, 0.05) is 24.0 Å². The number of pyridine rings is 1. The summed E-state index contributed by atoms with van der Waals surface area (Å²) in [6.07, 6.45) is 4.50. The van der Waals surface area contributed by atoms with Crippen molar-refractivity contribution >= 4 is 0 Å². The van der Waals surface area contributed by atoms with Gasteiger partial charge in [0.2, 0.25) is 0 Å². The second kappa shape index (κ2) is 6.17. The van der Waals surface area contributed by atoms with Gasteiger partial charge in [0.15, 0.2) is 0 Å². The Kier molecular flexibility index (Phi) is 4.31. The van der Waals surface area contributed by atoms with Crippen molar-refractivity contribution < 1.29 is 4.74 Å². The summed E-state index contributed by atoms with van der Waals surface area (Å²) >= 11 is 0. The lowest BCUT2D eigenvalue weighted by Gasteiger charge is -2.10. The first kappa shape index (κ1) is 12.6. The van der Waals surface area contributed by atoms with Crippen LogP contribution in [0.1, 0.15) is 30.5 Å². The van der Waals surface area contributed by atoms with Crippen LogP contribution in [0.15, 0.2) is 48.8 Å². The molecule has 3 nitrogen and oxygen atoms in total. The van der Waals surface area contributed by atoms with Crippen molar-refractivity contribution in [3.63, 3.8) is 0 Å². The van der Waals surface area contributed by atoms with Gasteiger partial charge in [-0.3, -0.25) is 4.98 Å². The molecule has 0 fully saturated rings. The van der Waals surface area contributed by atoms with Crippen molar-refractivity contribution in [1.82, 2.24) is 4.98 Å². The third kappa shape index (κ3) is 3.31. The van der Waals surface area contributed by atoms with Crippen LogP contribution >= 0.6 is 0 Å². The maximum Gasteiger partial charge on any atom is 0.119 e. The fourth-order valence-corrected chi connectivity index (χ4v) is 1.70. The molecule has 0 saturated heterocycles. The van der Waals surface area contributed by atoms with E-state index in [0.29, 0.717) is 6.61 Å². The minimum Gasteiger partial charge on any atom is -0.489 e. The average Bonchev–Trinajstić information content (AvgIpc) is 2.46. The highest BCUT2D eigenvalue weighted by Crippen LogP contribution is 2.18. The van der Waals surface area contributed by atoms with Gasteiger partial charge in [-0.15, -0.1) is 0 Å². The predicted molar refractivity (Wildman–Crippen MR) is 72.2 cm³/mol. The summed E-state index contributed by atoms with van der Waals surface area (Å²) in [6, 6.07) is 12.0. The maximum absolute atomic E-state index is 5.96. The molecule has 0 aliphatic carbocycles. The molecule has 0 aliphatic rings. The normalized spacial score (nSPS) is 12.1. The van der Waals surface area contributed by atoms with E-state index in [9.17, 15) is 0 Å². The first-order valence-corrected chi connectivity index (χ1v) is 6.17. The molecular formula is C15H18N2O. The van der Waals surface area contributed by atoms with Crippen molar-refractivity contribution in [1.29, 1.82) is 0 Å². The van der Waals surface area contributed by atoms with Gasteiger partial charge in [-0.2, -0.15) is 0 Å². The van der Waals surface area contributed by atoms with Crippen LogP contribution in [0.25, 0.3) is 0 Å². The van der Waals surface area contributed by atoms with Crippen LogP contribution in [-0.4, -0.2) is 4.98 Å². The fourth-order valence-electron chi connectivity index (χ4n) is 1.70. The van der Waals surface area contributed by atoms with Crippen LogP contribution in [0.2, 0.25) is 0 Å². The Morgan fingerprint density at radius 2 is 2.00 bits per heavy atom. The molecule has 2 rings (SSSR count). The number of ether oxygens (including phenoxy) is 1. The second-order valence-corrected chi connectivity index (χ2v) is 4.23. The zero-order valence-corrected chi connectivity index (χ0v) is 10.5. The van der Waals surface area contributed by atoms with E-state index in [2.05, 4.69) is 11.9 Å². The Morgan fingerprint density at radius 1 is 1.22 bits per heavy atom. The number of aromatic nitrogens is 1. The topological polar surface area (TPSA) is 48.1 Å². The first-order chi connectivity index (χ1) is 8.79. The lowest BCUT2D eigenvalue weighted by molar-refractivity contribution is 0.305. The maximum atomic E-state index is 5.96. The first-order valence-electron chi connectivity index (χ1n) is 6.17. The number of hydrogen-bond acceptors (Lipinski definition) is 3. The Labute approximate surface area is 108 Å². The van der Waals surface area contributed by atoms with Gasteiger partial charge in [-0.25, -0.2) is 0 Å². The molecule has 3 heteroatoms. The van der Waals surface area contributed by atoms with E-state index < -0.39 is 0 Å². The summed E-state index contributed by atoms with van der Waals surface area (Å²) in [4.78, 5) is 4.05. The molecule has 0 unspecified atom stereocenters. The van der Waals surface area contributed by atoms with E-state index in [1.807, 2.05) is 36.4 Å². The van der Waals surface area contributed by atoms with Gasteiger partial charge in [-0.1, -0.05) is 25.1 Å². The minimum absolute atomic E-state index is 0.109. The molecule has 0 aliphatic heterocycles. The summed E-state index contributed by atoms with van der Waals surface area (Å²) in [5.74, 6) is 0.853. The standard InChI is InChI=1S/C15H18N2O/c1-2-15(16)13-5-7-14(8-6-13)18-11-12-4-3-9-17-10-12/h3-10,15H,2,11,16H2,1H3/t15-/m0/s1. The third-order valence-electron chi connectivity index (χ3n) is 2.88. The van der Waals surface area contributed by atoms with Crippen molar-refractivity contribution in [2.75, 3.05) is 0 Å². The monoisotopic (exact) mass is 242 g/mol. The molecule has 0 bridgehead atoms. The average molecular weight is 242 g/mol. The molecule has 0 spiro atoms. The molecule has 1 atom stereocenters. The van der Waals surface area contributed by atoms with Gasteiger partial charge in [-0.05, 0) is 30.2 Å². The summed E-state index contributed by atoms with van der Waals surface area (Å²) < 4.78 is 5.68. The Hall–Kier alpha value is -1.87.